The summed E-state index contributed by atoms with van der Waals surface area (Å²) in [5, 5.41) is 7.85. The van der Waals surface area contributed by atoms with Crippen molar-refractivity contribution in [2.75, 3.05) is 18.9 Å². The minimum absolute atomic E-state index is 0.0819. The van der Waals surface area contributed by atoms with E-state index in [-0.39, 0.29) is 37.1 Å². The summed E-state index contributed by atoms with van der Waals surface area (Å²) in [5.74, 6) is -0.250. The zero-order chi connectivity index (χ0) is 21.3. The summed E-state index contributed by atoms with van der Waals surface area (Å²) >= 11 is 1.43. The van der Waals surface area contributed by atoms with E-state index in [0.29, 0.717) is 21.9 Å². The Kier molecular flexibility index (Phi) is 5.58. The van der Waals surface area contributed by atoms with E-state index < -0.39 is 5.97 Å². The van der Waals surface area contributed by atoms with Gasteiger partial charge >= 0.3 is 5.97 Å². The van der Waals surface area contributed by atoms with E-state index in [4.69, 9.17) is 4.74 Å². The van der Waals surface area contributed by atoms with Gasteiger partial charge in [0.25, 0.3) is 5.56 Å². The topological polar surface area (TPSA) is 108 Å². The molecule has 156 valence electrons. The number of hydrogen-bond donors (Lipinski definition) is 1. The number of benzene rings is 1. The maximum Gasteiger partial charge on any atom is 0.325 e. The van der Waals surface area contributed by atoms with Crippen LogP contribution in [-0.4, -0.2) is 50.1 Å². The van der Waals surface area contributed by atoms with Gasteiger partial charge in [0, 0.05) is 12.2 Å². The smallest absolute Gasteiger partial charge is 0.325 e. The molecule has 1 atom stereocenters. The number of thioether (sulfide) groups is 1. The van der Waals surface area contributed by atoms with Crippen molar-refractivity contribution in [3.63, 3.8) is 0 Å². The maximum absolute atomic E-state index is 13.1. The molecule has 1 N–H and O–H groups in total. The van der Waals surface area contributed by atoms with Crippen LogP contribution in [0.1, 0.15) is 24.9 Å². The van der Waals surface area contributed by atoms with E-state index in [1.807, 2.05) is 31.2 Å². The fourth-order valence-corrected chi connectivity index (χ4v) is 4.46. The lowest BCUT2D eigenvalue weighted by atomic mass is 10.2. The van der Waals surface area contributed by atoms with Gasteiger partial charge in [0.1, 0.15) is 11.9 Å². The van der Waals surface area contributed by atoms with Crippen molar-refractivity contribution in [1.82, 2.24) is 24.6 Å². The highest BCUT2D eigenvalue weighted by Crippen LogP contribution is 2.33. The minimum Gasteiger partial charge on any atom is -0.465 e. The van der Waals surface area contributed by atoms with Crippen molar-refractivity contribution in [3.8, 4) is 5.69 Å². The molecule has 3 aromatic rings. The van der Waals surface area contributed by atoms with Crippen LogP contribution in [-0.2, 0) is 14.3 Å². The number of nitrogens with zero attached hydrogens (tertiary/aromatic N) is 4. The van der Waals surface area contributed by atoms with Gasteiger partial charge in [-0.15, -0.1) is 0 Å². The van der Waals surface area contributed by atoms with Crippen molar-refractivity contribution < 1.29 is 14.3 Å². The van der Waals surface area contributed by atoms with Crippen LogP contribution in [0.15, 0.2) is 40.4 Å². The molecule has 0 saturated heterocycles. The SMILES string of the molecule is CCOC(=O)CNC(=O)CC1CSc2nc3c(cnn3-c3ccc(C)cc3)c(=O)n21. The molecule has 0 aliphatic carbocycles. The molecule has 1 aliphatic rings. The van der Waals surface area contributed by atoms with E-state index in [2.05, 4.69) is 15.4 Å². The Balaban J connectivity index is 1.58. The summed E-state index contributed by atoms with van der Waals surface area (Å²) in [6.45, 7) is 3.78. The van der Waals surface area contributed by atoms with Crippen LogP contribution in [0.3, 0.4) is 0 Å². The molecule has 1 amide bonds. The number of aryl methyl sites for hydroxylation is 1. The molecule has 2 aromatic heterocycles. The molecule has 0 fully saturated rings. The Morgan fingerprint density at radius 1 is 1.30 bits per heavy atom. The highest BCUT2D eigenvalue weighted by Gasteiger charge is 2.29. The summed E-state index contributed by atoms with van der Waals surface area (Å²) in [6.07, 6.45) is 1.59. The highest BCUT2D eigenvalue weighted by atomic mass is 32.2. The number of carbonyl (C=O) groups excluding carboxylic acids is 2. The number of aromatic nitrogens is 4. The third-order valence-electron chi connectivity index (χ3n) is 4.81. The van der Waals surface area contributed by atoms with Gasteiger partial charge in [0.2, 0.25) is 5.91 Å². The molecule has 0 bridgehead atoms. The second-order valence-electron chi connectivity index (χ2n) is 6.95. The van der Waals surface area contributed by atoms with Crippen LogP contribution in [0, 0.1) is 6.92 Å². The molecule has 1 unspecified atom stereocenters. The molecular weight excluding hydrogens is 406 g/mol. The molecule has 10 heteroatoms. The molecule has 1 aromatic carbocycles. The first-order valence-corrected chi connectivity index (χ1v) is 10.6. The first kappa shape index (κ1) is 20.1. The van der Waals surface area contributed by atoms with E-state index in [1.165, 1.54) is 18.0 Å². The summed E-state index contributed by atoms with van der Waals surface area (Å²) in [5.41, 5.74) is 2.23. The van der Waals surface area contributed by atoms with Gasteiger partial charge in [0.15, 0.2) is 10.8 Å². The Hall–Kier alpha value is -3.14. The first-order valence-electron chi connectivity index (χ1n) is 9.60. The predicted molar refractivity (Wildman–Crippen MR) is 112 cm³/mol. The number of hydrogen-bond acceptors (Lipinski definition) is 7. The van der Waals surface area contributed by atoms with E-state index >= 15 is 0 Å². The number of esters is 1. The van der Waals surface area contributed by atoms with Gasteiger partial charge in [-0.2, -0.15) is 5.10 Å². The Morgan fingerprint density at radius 2 is 2.07 bits per heavy atom. The van der Waals surface area contributed by atoms with Crippen LogP contribution < -0.4 is 10.9 Å². The summed E-state index contributed by atoms with van der Waals surface area (Å²) in [7, 11) is 0. The summed E-state index contributed by atoms with van der Waals surface area (Å²) < 4.78 is 8.00. The van der Waals surface area contributed by atoms with Gasteiger partial charge in [0.05, 0.1) is 24.5 Å². The molecule has 4 rings (SSSR count). The van der Waals surface area contributed by atoms with E-state index in [1.54, 1.807) is 16.2 Å². The van der Waals surface area contributed by atoms with Crippen molar-refractivity contribution in [2.24, 2.45) is 0 Å². The molecule has 0 radical (unpaired) electrons. The first-order chi connectivity index (χ1) is 14.5. The monoisotopic (exact) mass is 427 g/mol. The number of carbonyl (C=O) groups is 2. The molecular formula is C20H21N5O4S. The van der Waals surface area contributed by atoms with Crippen LogP contribution in [0.5, 0.6) is 0 Å². The lowest BCUT2D eigenvalue weighted by Gasteiger charge is -2.13. The Bertz CT molecular complexity index is 1170. The molecule has 3 heterocycles. The van der Waals surface area contributed by atoms with Crippen molar-refractivity contribution in [2.45, 2.75) is 31.5 Å². The van der Waals surface area contributed by atoms with Gasteiger partial charge in [-0.05, 0) is 26.0 Å². The van der Waals surface area contributed by atoms with Crippen LogP contribution in [0.25, 0.3) is 16.7 Å². The average Bonchev–Trinajstić information content (AvgIpc) is 3.32. The van der Waals surface area contributed by atoms with Crippen molar-refractivity contribution in [1.29, 1.82) is 0 Å². The molecule has 30 heavy (non-hydrogen) atoms. The van der Waals surface area contributed by atoms with E-state index in [9.17, 15) is 14.4 Å². The van der Waals surface area contributed by atoms with Gasteiger partial charge in [-0.1, -0.05) is 29.5 Å². The quantitative estimate of drug-likeness (QED) is 0.470. The zero-order valence-corrected chi connectivity index (χ0v) is 17.4. The third kappa shape index (κ3) is 3.82. The molecule has 0 spiro atoms. The van der Waals surface area contributed by atoms with Crippen LogP contribution in [0.2, 0.25) is 0 Å². The molecule has 0 saturated carbocycles. The number of nitrogens with one attached hydrogen (secondary N) is 1. The van der Waals surface area contributed by atoms with Gasteiger partial charge < -0.3 is 10.1 Å². The minimum atomic E-state index is -0.490. The fraction of sp³-hybridized carbons (Fsp3) is 0.350. The fourth-order valence-electron chi connectivity index (χ4n) is 3.32. The third-order valence-corrected chi connectivity index (χ3v) is 5.90. The highest BCUT2D eigenvalue weighted by molar-refractivity contribution is 7.99. The average molecular weight is 427 g/mol. The normalized spacial score (nSPS) is 15.2. The number of amides is 1. The predicted octanol–water partition coefficient (Wildman–Crippen LogP) is 1.61. The second kappa shape index (κ2) is 8.31. The molecule has 9 nitrogen and oxygen atoms in total. The van der Waals surface area contributed by atoms with E-state index in [0.717, 1.165) is 11.3 Å². The largest absolute Gasteiger partial charge is 0.465 e. The van der Waals surface area contributed by atoms with Crippen molar-refractivity contribution in [3.05, 3.63) is 46.4 Å². The summed E-state index contributed by atoms with van der Waals surface area (Å²) in [6, 6.07) is 7.47. The Labute approximate surface area is 176 Å². The number of rotatable bonds is 6. The summed E-state index contributed by atoms with van der Waals surface area (Å²) in [4.78, 5) is 41.4. The Morgan fingerprint density at radius 3 is 2.80 bits per heavy atom. The van der Waals surface area contributed by atoms with Crippen LogP contribution in [0.4, 0.5) is 0 Å². The van der Waals surface area contributed by atoms with Crippen molar-refractivity contribution >= 4 is 34.7 Å². The van der Waals surface area contributed by atoms with Gasteiger partial charge in [-0.3, -0.25) is 19.0 Å². The second-order valence-corrected chi connectivity index (χ2v) is 7.94. The lowest BCUT2D eigenvalue weighted by Crippen LogP contribution is -2.34. The number of fused-ring (bicyclic) bond motifs is 2. The lowest BCUT2D eigenvalue weighted by molar-refractivity contribution is -0.143. The maximum atomic E-state index is 13.1. The van der Waals surface area contributed by atoms with Gasteiger partial charge in [-0.25, -0.2) is 9.67 Å². The molecule has 1 aliphatic heterocycles. The number of ether oxygens (including phenoxy) is 1. The standard InChI is InChI=1S/C20H21N5O4S/c1-3-29-17(27)10-21-16(26)8-14-11-30-20-23-18-15(19(28)24(14)20)9-22-25(18)13-6-4-12(2)5-7-13/h4-7,9,14H,3,8,10-11H2,1-2H3,(H,21,26). The zero-order valence-electron chi connectivity index (χ0n) is 16.6. The van der Waals surface area contributed by atoms with Crippen LogP contribution >= 0.6 is 11.8 Å².